The Morgan fingerprint density at radius 2 is 2.00 bits per heavy atom. The van der Waals surface area contributed by atoms with E-state index in [1.165, 1.54) is 6.20 Å². The van der Waals surface area contributed by atoms with Gasteiger partial charge in [0.15, 0.2) is 0 Å². The monoisotopic (exact) mass is 365 g/mol. The van der Waals surface area contributed by atoms with E-state index in [2.05, 4.69) is 11.9 Å². The molecule has 1 aliphatic rings. The number of amides is 2. The molecule has 1 aromatic carbocycles. The van der Waals surface area contributed by atoms with Crippen molar-refractivity contribution in [3.63, 3.8) is 0 Å². The fourth-order valence-corrected chi connectivity index (χ4v) is 3.63. The van der Waals surface area contributed by atoms with Crippen molar-refractivity contribution in [3.8, 4) is 0 Å². The minimum atomic E-state index is -0.141. The summed E-state index contributed by atoms with van der Waals surface area (Å²) in [6, 6.07) is 9.53. The van der Waals surface area contributed by atoms with E-state index in [1.54, 1.807) is 17.2 Å². The summed E-state index contributed by atoms with van der Waals surface area (Å²) in [6.07, 6.45) is 5.27. The zero-order valence-corrected chi connectivity index (χ0v) is 16.3. The molecule has 3 rings (SSSR count). The van der Waals surface area contributed by atoms with Crippen molar-refractivity contribution < 1.29 is 9.59 Å². The maximum absolute atomic E-state index is 13.1. The Morgan fingerprint density at radius 3 is 2.70 bits per heavy atom. The second kappa shape index (κ2) is 8.33. The predicted molar refractivity (Wildman–Crippen MR) is 107 cm³/mol. The number of anilines is 1. The minimum absolute atomic E-state index is 0.0395. The molecule has 142 valence electrons. The number of pyridine rings is 1. The highest BCUT2D eigenvalue weighted by Crippen LogP contribution is 2.21. The Labute approximate surface area is 161 Å². The number of carbonyl (C=O) groups is 2. The standard InChI is InChI=1S/C22H27N3O2/c1-4-25(20-9-5-7-16(2)11-20)22(27)19-12-18(13-23-14-19)21(26)24-10-6-8-17(3)15-24/h5,7,9,11-14,17H,4,6,8,10,15H2,1-3H3. The summed E-state index contributed by atoms with van der Waals surface area (Å²) in [5, 5.41) is 0. The van der Waals surface area contributed by atoms with Gasteiger partial charge in [0.05, 0.1) is 11.1 Å². The highest BCUT2D eigenvalue weighted by molar-refractivity contribution is 6.07. The van der Waals surface area contributed by atoms with Gasteiger partial charge in [-0.15, -0.1) is 0 Å². The van der Waals surface area contributed by atoms with Gasteiger partial charge in [-0.25, -0.2) is 0 Å². The Kier molecular flexibility index (Phi) is 5.89. The first-order valence-corrected chi connectivity index (χ1v) is 9.62. The van der Waals surface area contributed by atoms with E-state index in [4.69, 9.17) is 0 Å². The zero-order chi connectivity index (χ0) is 19.4. The van der Waals surface area contributed by atoms with Gasteiger partial charge in [-0.1, -0.05) is 19.1 Å². The molecule has 1 atom stereocenters. The molecule has 27 heavy (non-hydrogen) atoms. The summed E-state index contributed by atoms with van der Waals surface area (Å²) in [7, 11) is 0. The van der Waals surface area contributed by atoms with Gasteiger partial charge in [-0.3, -0.25) is 14.6 Å². The molecule has 0 bridgehead atoms. The quantitative estimate of drug-likeness (QED) is 0.825. The summed E-state index contributed by atoms with van der Waals surface area (Å²) in [5.41, 5.74) is 2.87. The van der Waals surface area contributed by atoms with Gasteiger partial charge < -0.3 is 9.80 Å². The third-order valence-electron chi connectivity index (χ3n) is 5.05. The molecule has 5 heteroatoms. The van der Waals surface area contributed by atoms with Crippen LogP contribution in [0, 0.1) is 12.8 Å². The van der Waals surface area contributed by atoms with Gasteiger partial charge in [-0.05, 0) is 56.4 Å². The van der Waals surface area contributed by atoms with E-state index in [1.807, 2.05) is 43.0 Å². The molecule has 1 aliphatic heterocycles. The van der Waals surface area contributed by atoms with Crippen LogP contribution in [0.25, 0.3) is 0 Å². The number of hydrogen-bond acceptors (Lipinski definition) is 3. The van der Waals surface area contributed by atoms with Gasteiger partial charge in [0.25, 0.3) is 11.8 Å². The van der Waals surface area contributed by atoms with Crippen molar-refractivity contribution in [1.29, 1.82) is 0 Å². The number of piperidine rings is 1. The molecule has 1 aromatic heterocycles. The number of aryl methyl sites for hydroxylation is 1. The zero-order valence-electron chi connectivity index (χ0n) is 16.3. The Morgan fingerprint density at radius 1 is 1.22 bits per heavy atom. The van der Waals surface area contributed by atoms with E-state index in [0.29, 0.717) is 23.6 Å². The van der Waals surface area contributed by atoms with Gasteiger partial charge in [0.2, 0.25) is 0 Å². The van der Waals surface area contributed by atoms with Crippen LogP contribution in [0.2, 0.25) is 0 Å². The molecule has 0 aliphatic carbocycles. The summed E-state index contributed by atoms with van der Waals surface area (Å²) in [6.45, 7) is 8.19. The van der Waals surface area contributed by atoms with Crippen LogP contribution in [0.5, 0.6) is 0 Å². The summed E-state index contributed by atoms with van der Waals surface area (Å²) in [4.78, 5) is 33.6. The van der Waals surface area contributed by atoms with Crippen LogP contribution in [0.3, 0.4) is 0 Å². The van der Waals surface area contributed by atoms with Crippen molar-refractivity contribution in [2.24, 2.45) is 5.92 Å². The highest BCUT2D eigenvalue weighted by Gasteiger charge is 2.24. The van der Waals surface area contributed by atoms with Crippen molar-refractivity contribution in [2.75, 3.05) is 24.5 Å². The van der Waals surface area contributed by atoms with E-state index in [9.17, 15) is 9.59 Å². The molecule has 2 heterocycles. The summed E-state index contributed by atoms with van der Waals surface area (Å²) < 4.78 is 0. The number of nitrogens with zero attached hydrogens (tertiary/aromatic N) is 3. The van der Waals surface area contributed by atoms with Crippen LogP contribution in [-0.2, 0) is 0 Å². The molecule has 2 aromatic rings. The lowest BCUT2D eigenvalue weighted by Crippen LogP contribution is -2.39. The van der Waals surface area contributed by atoms with Crippen LogP contribution < -0.4 is 4.90 Å². The van der Waals surface area contributed by atoms with E-state index in [0.717, 1.165) is 37.2 Å². The van der Waals surface area contributed by atoms with Crippen LogP contribution in [0.15, 0.2) is 42.7 Å². The molecule has 0 spiro atoms. The molecule has 0 N–H and O–H groups in total. The first-order valence-electron chi connectivity index (χ1n) is 9.62. The van der Waals surface area contributed by atoms with Crippen LogP contribution >= 0.6 is 0 Å². The second-order valence-corrected chi connectivity index (χ2v) is 7.35. The number of likely N-dealkylation sites (tertiary alicyclic amines) is 1. The lowest BCUT2D eigenvalue weighted by Gasteiger charge is -2.31. The fourth-order valence-electron chi connectivity index (χ4n) is 3.63. The maximum atomic E-state index is 13.1. The fraction of sp³-hybridized carbons (Fsp3) is 0.409. The lowest BCUT2D eigenvalue weighted by molar-refractivity contribution is 0.0682. The summed E-state index contributed by atoms with van der Waals surface area (Å²) in [5.74, 6) is 0.331. The number of rotatable bonds is 4. The average molecular weight is 365 g/mol. The second-order valence-electron chi connectivity index (χ2n) is 7.35. The van der Waals surface area contributed by atoms with Gasteiger partial charge in [-0.2, -0.15) is 0 Å². The third-order valence-corrected chi connectivity index (χ3v) is 5.05. The maximum Gasteiger partial charge on any atom is 0.259 e. The number of benzene rings is 1. The molecular formula is C22H27N3O2. The van der Waals surface area contributed by atoms with Gasteiger partial charge in [0, 0.05) is 37.7 Å². The summed E-state index contributed by atoms with van der Waals surface area (Å²) >= 11 is 0. The normalized spacial score (nSPS) is 16.9. The average Bonchev–Trinajstić information content (AvgIpc) is 2.68. The van der Waals surface area contributed by atoms with E-state index >= 15 is 0 Å². The molecule has 2 amide bonds. The SMILES string of the molecule is CCN(C(=O)c1cncc(C(=O)N2CCCC(C)C2)c1)c1cccc(C)c1. The molecule has 1 saturated heterocycles. The third kappa shape index (κ3) is 4.35. The number of hydrogen-bond donors (Lipinski definition) is 0. The number of carbonyl (C=O) groups excluding carboxylic acids is 2. The van der Waals surface area contributed by atoms with E-state index < -0.39 is 0 Å². The molecule has 1 fully saturated rings. The molecule has 0 saturated carbocycles. The lowest BCUT2D eigenvalue weighted by atomic mass is 9.99. The van der Waals surface area contributed by atoms with Gasteiger partial charge >= 0.3 is 0 Å². The largest absolute Gasteiger partial charge is 0.338 e. The van der Waals surface area contributed by atoms with Crippen LogP contribution in [0.4, 0.5) is 5.69 Å². The first-order chi connectivity index (χ1) is 13.0. The van der Waals surface area contributed by atoms with Gasteiger partial charge in [0.1, 0.15) is 0 Å². The van der Waals surface area contributed by atoms with Crippen LogP contribution in [-0.4, -0.2) is 41.3 Å². The molecule has 5 nitrogen and oxygen atoms in total. The molecular weight excluding hydrogens is 338 g/mol. The van der Waals surface area contributed by atoms with Crippen LogP contribution in [0.1, 0.15) is 53.0 Å². The number of aromatic nitrogens is 1. The van der Waals surface area contributed by atoms with E-state index in [-0.39, 0.29) is 11.8 Å². The van der Waals surface area contributed by atoms with Crippen molar-refractivity contribution in [2.45, 2.75) is 33.6 Å². The van der Waals surface area contributed by atoms with Crippen molar-refractivity contribution in [3.05, 3.63) is 59.4 Å². The predicted octanol–water partition coefficient (Wildman–Crippen LogP) is 3.93. The Bertz CT molecular complexity index is 834. The molecule has 1 unspecified atom stereocenters. The van der Waals surface area contributed by atoms with Crippen molar-refractivity contribution in [1.82, 2.24) is 9.88 Å². The Hall–Kier alpha value is -2.69. The Balaban J connectivity index is 1.83. The van der Waals surface area contributed by atoms with Crippen molar-refractivity contribution >= 4 is 17.5 Å². The molecule has 0 radical (unpaired) electrons. The topological polar surface area (TPSA) is 53.5 Å². The smallest absolute Gasteiger partial charge is 0.259 e. The first kappa shape index (κ1) is 19.1. The highest BCUT2D eigenvalue weighted by atomic mass is 16.2. The minimum Gasteiger partial charge on any atom is -0.338 e.